The number of nitrogens with zero attached hydrogens (tertiary/aromatic N) is 4. The number of furan rings is 1. The van der Waals surface area contributed by atoms with Crippen LogP contribution in [0, 0.1) is 0 Å². The Bertz CT molecular complexity index is 1320. The molecular weight excluding hydrogens is 491 g/mol. The van der Waals surface area contributed by atoms with Crippen LogP contribution in [0.3, 0.4) is 0 Å². The molecule has 0 saturated carbocycles. The molecule has 0 unspecified atom stereocenters. The van der Waals surface area contributed by atoms with E-state index in [9.17, 15) is 18.0 Å². The number of piperazine rings is 1. The number of carbonyl (C=O) groups is 1. The van der Waals surface area contributed by atoms with Crippen LogP contribution in [0.1, 0.15) is 21.8 Å². The van der Waals surface area contributed by atoms with Crippen molar-refractivity contribution in [2.45, 2.75) is 12.7 Å². The highest BCUT2D eigenvalue weighted by molar-refractivity contribution is 7.07. The number of nitrogens with one attached hydrogen (secondary N) is 1. The van der Waals surface area contributed by atoms with Crippen molar-refractivity contribution < 1.29 is 22.4 Å². The van der Waals surface area contributed by atoms with Crippen molar-refractivity contribution in [1.29, 1.82) is 0 Å². The number of carbonyl (C=O) groups excluding carboxylic acids is 1. The van der Waals surface area contributed by atoms with Crippen molar-refractivity contribution in [3.63, 3.8) is 0 Å². The Labute approximate surface area is 209 Å². The molecule has 0 bridgehead atoms. The van der Waals surface area contributed by atoms with Gasteiger partial charge in [-0.25, -0.2) is 4.98 Å². The SMILES string of the molecule is O=C(Nc1cc(C(F)(F)F)ccc1N1CCN(Cc2cscn2)CC1)c1ccc(-c2ccncc2)o1. The van der Waals surface area contributed by atoms with Gasteiger partial charge in [0.15, 0.2) is 5.76 Å². The van der Waals surface area contributed by atoms with Crippen LogP contribution in [-0.2, 0) is 12.7 Å². The molecule has 0 spiro atoms. The van der Waals surface area contributed by atoms with Crippen molar-refractivity contribution in [2.24, 2.45) is 0 Å². The van der Waals surface area contributed by atoms with Gasteiger partial charge in [0.25, 0.3) is 5.91 Å². The fourth-order valence-electron chi connectivity index (χ4n) is 4.10. The number of aromatic nitrogens is 2. The summed E-state index contributed by atoms with van der Waals surface area (Å²) in [6, 6.07) is 10.0. The summed E-state index contributed by atoms with van der Waals surface area (Å²) in [4.78, 5) is 25.4. The molecule has 0 atom stereocenters. The van der Waals surface area contributed by atoms with E-state index >= 15 is 0 Å². The van der Waals surface area contributed by atoms with Crippen LogP contribution in [0.25, 0.3) is 11.3 Å². The molecule has 1 aliphatic heterocycles. The van der Waals surface area contributed by atoms with Crippen molar-refractivity contribution in [1.82, 2.24) is 14.9 Å². The Morgan fingerprint density at radius 2 is 1.83 bits per heavy atom. The molecule has 1 aromatic carbocycles. The molecule has 1 fully saturated rings. The van der Waals surface area contributed by atoms with E-state index in [1.54, 1.807) is 47.4 Å². The lowest BCUT2D eigenvalue weighted by atomic mass is 10.1. The molecule has 1 N–H and O–H groups in total. The zero-order chi connectivity index (χ0) is 25.1. The third-order valence-corrected chi connectivity index (χ3v) is 6.58. The van der Waals surface area contributed by atoms with E-state index < -0.39 is 17.6 Å². The van der Waals surface area contributed by atoms with E-state index in [1.165, 1.54) is 12.1 Å². The zero-order valence-corrected chi connectivity index (χ0v) is 19.9. The van der Waals surface area contributed by atoms with Gasteiger partial charge in [-0.05, 0) is 42.5 Å². The van der Waals surface area contributed by atoms with E-state index in [-0.39, 0.29) is 11.4 Å². The first-order chi connectivity index (χ1) is 17.4. The van der Waals surface area contributed by atoms with Gasteiger partial charge in [0.05, 0.1) is 28.1 Å². The van der Waals surface area contributed by atoms with E-state index in [0.717, 1.165) is 43.0 Å². The highest BCUT2D eigenvalue weighted by Crippen LogP contribution is 2.36. The second-order valence-corrected chi connectivity index (χ2v) is 9.05. The maximum Gasteiger partial charge on any atom is 0.416 e. The number of amides is 1. The monoisotopic (exact) mass is 513 g/mol. The molecule has 0 aliphatic carbocycles. The van der Waals surface area contributed by atoms with Crippen LogP contribution < -0.4 is 10.2 Å². The summed E-state index contributed by atoms with van der Waals surface area (Å²) in [5.74, 6) is -0.167. The molecule has 186 valence electrons. The molecule has 7 nitrogen and oxygen atoms in total. The summed E-state index contributed by atoms with van der Waals surface area (Å²) >= 11 is 1.54. The first-order valence-corrected chi connectivity index (χ1v) is 12.2. The van der Waals surface area contributed by atoms with Crippen LogP contribution in [0.15, 0.2) is 70.2 Å². The Balaban J connectivity index is 1.34. The largest absolute Gasteiger partial charge is 0.451 e. The molecule has 1 aliphatic rings. The lowest BCUT2D eigenvalue weighted by Crippen LogP contribution is -2.46. The van der Waals surface area contributed by atoms with Crippen LogP contribution in [-0.4, -0.2) is 47.0 Å². The maximum absolute atomic E-state index is 13.5. The van der Waals surface area contributed by atoms with Crippen molar-refractivity contribution in [3.8, 4) is 11.3 Å². The van der Waals surface area contributed by atoms with Gasteiger partial charge < -0.3 is 14.6 Å². The molecule has 5 rings (SSSR count). The fraction of sp³-hybridized carbons (Fsp3) is 0.240. The van der Waals surface area contributed by atoms with Gasteiger partial charge in [-0.3, -0.25) is 14.7 Å². The minimum Gasteiger partial charge on any atom is -0.451 e. The topological polar surface area (TPSA) is 74.5 Å². The number of hydrogen-bond donors (Lipinski definition) is 1. The number of rotatable bonds is 6. The predicted octanol–water partition coefficient (Wildman–Crippen LogP) is 5.39. The Kier molecular flexibility index (Phi) is 6.75. The fourth-order valence-corrected chi connectivity index (χ4v) is 4.64. The number of halogens is 3. The zero-order valence-electron chi connectivity index (χ0n) is 19.0. The summed E-state index contributed by atoms with van der Waals surface area (Å²) in [6.07, 6.45) is -1.34. The predicted molar refractivity (Wildman–Crippen MR) is 131 cm³/mol. The number of pyridine rings is 1. The van der Waals surface area contributed by atoms with Crippen molar-refractivity contribution in [2.75, 3.05) is 36.4 Å². The quantitative estimate of drug-likeness (QED) is 0.373. The first kappa shape index (κ1) is 24.0. The second kappa shape index (κ2) is 10.1. The van der Waals surface area contributed by atoms with Gasteiger partial charge in [-0.2, -0.15) is 13.2 Å². The molecule has 1 amide bonds. The minimum absolute atomic E-state index is 0.00161. The smallest absolute Gasteiger partial charge is 0.416 e. The van der Waals surface area contributed by atoms with Crippen LogP contribution >= 0.6 is 11.3 Å². The van der Waals surface area contributed by atoms with E-state index in [0.29, 0.717) is 24.5 Å². The second-order valence-electron chi connectivity index (χ2n) is 8.33. The Morgan fingerprint density at radius 1 is 1.06 bits per heavy atom. The molecule has 3 aromatic heterocycles. The average Bonchev–Trinajstić information content (AvgIpc) is 3.57. The van der Waals surface area contributed by atoms with Crippen LogP contribution in [0.4, 0.5) is 24.5 Å². The number of hydrogen-bond acceptors (Lipinski definition) is 7. The van der Waals surface area contributed by atoms with Gasteiger partial charge in [-0.15, -0.1) is 11.3 Å². The molecular formula is C25H22F3N5O2S. The minimum atomic E-state index is -4.54. The van der Waals surface area contributed by atoms with E-state index in [4.69, 9.17) is 4.42 Å². The van der Waals surface area contributed by atoms with Crippen LogP contribution in [0.5, 0.6) is 0 Å². The molecule has 1 saturated heterocycles. The number of alkyl halides is 3. The number of anilines is 2. The third-order valence-electron chi connectivity index (χ3n) is 5.95. The van der Waals surface area contributed by atoms with Gasteiger partial charge in [0, 0.05) is 56.1 Å². The van der Waals surface area contributed by atoms with Gasteiger partial charge in [0.1, 0.15) is 5.76 Å². The lowest BCUT2D eigenvalue weighted by Gasteiger charge is -2.36. The summed E-state index contributed by atoms with van der Waals surface area (Å²) in [5, 5.41) is 4.64. The molecule has 4 aromatic rings. The van der Waals surface area contributed by atoms with Gasteiger partial charge >= 0.3 is 6.18 Å². The van der Waals surface area contributed by atoms with Crippen molar-refractivity contribution >= 4 is 28.6 Å². The third kappa shape index (κ3) is 5.42. The van der Waals surface area contributed by atoms with Gasteiger partial charge in [-0.1, -0.05) is 0 Å². The number of thiazole rings is 1. The van der Waals surface area contributed by atoms with E-state index in [2.05, 4.69) is 20.2 Å². The summed E-state index contributed by atoms with van der Waals surface area (Å²) in [7, 11) is 0. The highest BCUT2D eigenvalue weighted by atomic mass is 32.1. The Morgan fingerprint density at radius 3 is 2.53 bits per heavy atom. The van der Waals surface area contributed by atoms with E-state index in [1.807, 2.05) is 10.3 Å². The molecule has 4 heterocycles. The summed E-state index contributed by atoms with van der Waals surface area (Å²) in [6.45, 7) is 3.38. The first-order valence-electron chi connectivity index (χ1n) is 11.2. The molecule has 11 heteroatoms. The molecule has 0 radical (unpaired) electrons. The number of benzene rings is 1. The maximum atomic E-state index is 13.5. The summed E-state index contributed by atoms with van der Waals surface area (Å²) < 4.78 is 46.1. The highest BCUT2D eigenvalue weighted by Gasteiger charge is 2.32. The Hall–Kier alpha value is -3.70. The summed E-state index contributed by atoms with van der Waals surface area (Å²) in [5.41, 5.74) is 3.32. The normalized spacial score (nSPS) is 14.7. The standard InChI is InChI=1S/C25H22F3N5O2S/c26-25(27,28)18-1-2-21(33-11-9-32(10-12-33)14-19-15-36-16-30-19)20(13-18)31-24(34)23-4-3-22(35-23)17-5-7-29-8-6-17/h1-8,13,15-16H,9-12,14H2,(H,31,34). The van der Waals surface area contributed by atoms with Crippen molar-refractivity contribution in [3.05, 3.63) is 82.8 Å². The molecule has 36 heavy (non-hydrogen) atoms. The van der Waals surface area contributed by atoms with Gasteiger partial charge in [0.2, 0.25) is 0 Å². The average molecular weight is 514 g/mol. The van der Waals surface area contributed by atoms with Crippen LogP contribution in [0.2, 0.25) is 0 Å². The lowest BCUT2D eigenvalue weighted by molar-refractivity contribution is -0.137.